The Hall–Kier alpha value is -2.10. The minimum absolute atomic E-state index is 0.693. The highest BCUT2D eigenvalue weighted by atomic mass is 16.5. The third-order valence-electron chi connectivity index (χ3n) is 2.38. The van der Waals surface area contributed by atoms with Gasteiger partial charge in [0.05, 0.1) is 23.0 Å². The third-order valence-corrected chi connectivity index (χ3v) is 2.38. The lowest BCUT2D eigenvalue weighted by Crippen LogP contribution is -1.94. The van der Waals surface area contributed by atoms with Gasteiger partial charge in [0.2, 0.25) is 0 Å². The summed E-state index contributed by atoms with van der Waals surface area (Å²) in [6.45, 7) is 1.91. The summed E-state index contributed by atoms with van der Waals surface area (Å²) in [6, 6.07) is 9.85. The summed E-state index contributed by atoms with van der Waals surface area (Å²) in [6.07, 6.45) is 1.77. The monoisotopic (exact) mass is 199 g/mol. The molecule has 3 aromatic rings. The fraction of sp³-hybridized carbons (Fsp3) is 0.0909. The standard InChI is InChI=1S/C11H9N3O/c1-8-10-7-12-14(11(10)15-13-8)9-5-3-2-4-6-9/h2-7H,1H3. The van der Waals surface area contributed by atoms with Gasteiger partial charge in [-0.2, -0.15) is 9.78 Å². The fourth-order valence-corrected chi connectivity index (χ4v) is 1.59. The molecule has 0 aliphatic carbocycles. The van der Waals surface area contributed by atoms with E-state index in [1.54, 1.807) is 10.9 Å². The SMILES string of the molecule is Cc1noc2c1cnn2-c1ccccc1. The molecule has 0 atom stereocenters. The Kier molecular flexibility index (Phi) is 1.62. The smallest absolute Gasteiger partial charge is 0.261 e. The number of fused-ring (bicyclic) bond motifs is 1. The number of benzene rings is 1. The van der Waals surface area contributed by atoms with Crippen LogP contribution in [0, 0.1) is 6.92 Å². The van der Waals surface area contributed by atoms with E-state index in [4.69, 9.17) is 4.52 Å². The van der Waals surface area contributed by atoms with Gasteiger partial charge in [-0.05, 0) is 19.1 Å². The summed E-state index contributed by atoms with van der Waals surface area (Å²) < 4.78 is 6.97. The van der Waals surface area contributed by atoms with E-state index in [9.17, 15) is 0 Å². The van der Waals surface area contributed by atoms with Crippen LogP contribution >= 0.6 is 0 Å². The molecule has 0 fully saturated rings. The molecule has 0 aliphatic heterocycles. The van der Waals surface area contributed by atoms with Gasteiger partial charge in [0.1, 0.15) is 0 Å². The van der Waals surface area contributed by atoms with Crippen LogP contribution in [-0.2, 0) is 0 Å². The zero-order chi connectivity index (χ0) is 10.3. The van der Waals surface area contributed by atoms with Crippen LogP contribution in [0.2, 0.25) is 0 Å². The summed E-state index contributed by atoms with van der Waals surface area (Å²) in [5.41, 5.74) is 2.54. The van der Waals surface area contributed by atoms with Crippen LogP contribution < -0.4 is 0 Å². The van der Waals surface area contributed by atoms with Crippen LogP contribution in [0.15, 0.2) is 41.1 Å². The number of hydrogen-bond donors (Lipinski definition) is 0. The Balaban J connectivity index is 2.28. The van der Waals surface area contributed by atoms with Crippen molar-refractivity contribution in [3.05, 3.63) is 42.2 Å². The van der Waals surface area contributed by atoms with Crippen molar-refractivity contribution >= 4 is 11.1 Å². The van der Waals surface area contributed by atoms with Crippen molar-refractivity contribution in [1.29, 1.82) is 0 Å². The second-order valence-corrected chi connectivity index (χ2v) is 3.38. The van der Waals surface area contributed by atoms with Gasteiger partial charge < -0.3 is 4.52 Å². The number of rotatable bonds is 1. The fourth-order valence-electron chi connectivity index (χ4n) is 1.59. The van der Waals surface area contributed by atoms with Crippen LogP contribution in [0.25, 0.3) is 16.8 Å². The van der Waals surface area contributed by atoms with E-state index >= 15 is 0 Å². The van der Waals surface area contributed by atoms with Crippen LogP contribution in [0.1, 0.15) is 5.69 Å². The molecule has 3 rings (SSSR count). The van der Waals surface area contributed by atoms with E-state index in [0.29, 0.717) is 5.71 Å². The predicted octanol–water partition coefficient (Wildman–Crippen LogP) is 2.32. The predicted molar refractivity (Wildman–Crippen MR) is 55.9 cm³/mol. The van der Waals surface area contributed by atoms with Crippen LogP contribution in [0.5, 0.6) is 0 Å². The second-order valence-electron chi connectivity index (χ2n) is 3.38. The highest BCUT2D eigenvalue weighted by Gasteiger charge is 2.11. The molecule has 0 N–H and O–H groups in total. The van der Waals surface area contributed by atoms with Crippen molar-refractivity contribution in [1.82, 2.24) is 14.9 Å². The van der Waals surface area contributed by atoms with Crippen LogP contribution in [0.4, 0.5) is 0 Å². The van der Waals surface area contributed by atoms with E-state index in [0.717, 1.165) is 16.8 Å². The topological polar surface area (TPSA) is 43.9 Å². The summed E-state index contributed by atoms with van der Waals surface area (Å²) in [4.78, 5) is 0. The van der Waals surface area contributed by atoms with Crippen molar-refractivity contribution in [3.63, 3.8) is 0 Å². The summed E-state index contributed by atoms with van der Waals surface area (Å²) in [5, 5.41) is 9.13. The summed E-state index contributed by atoms with van der Waals surface area (Å²) in [5.74, 6) is 0. The first kappa shape index (κ1) is 8.23. The maximum Gasteiger partial charge on any atom is 0.261 e. The second kappa shape index (κ2) is 2.95. The molecular weight excluding hydrogens is 190 g/mol. The summed E-state index contributed by atoms with van der Waals surface area (Å²) in [7, 11) is 0. The van der Waals surface area contributed by atoms with E-state index in [1.165, 1.54) is 0 Å². The Bertz CT molecular complexity index is 595. The lowest BCUT2D eigenvalue weighted by molar-refractivity contribution is 0.433. The first-order valence-corrected chi connectivity index (χ1v) is 4.72. The molecule has 2 heterocycles. The highest BCUT2D eigenvalue weighted by Crippen LogP contribution is 2.20. The minimum Gasteiger partial charge on any atom is -0.335 e. The molecule has 0 aliphatic rings. The number of hydrogen-bond acceptors (Lipinski definition) is 3. The molecule has 15 heavy (non-hydrogen) atoms. The van der Waals surface area contributed by atoms with Gasteiger partial charge in [-0.1, -0.05) is 23.4 Å². The average Bonchev–Trinajstić information content (AvgIpc) is 2.83. The molecule has 4 heteroatoms. The van der Waals surface area contributed by atoms with Crippen molar-refractivity contribution in [2.24, 2.45) is 0 Å². The molecule has 0 spiro atoms. The van der Waals surface area contributed by atoms with Crippen LogP contribution in [0.3, 0.4) is 0 Å². The Morgan fingerprint density at radius 2 is 2.00 bits per heavy atom. The molecule has 74 valence electrons. The van der Waals surface area contributed by atoms with Gasteiger partial charge in [-0.3, -0.25) is 0 Å². The van der Waals surface area contributed by atoms with Crippen molar-refractivity contribution in [2.45, 2.75) is 6.92 Å². The van der Waals surface area contributed by atoms with Gasteiger partial charge in [-0.15, -0.1) is 0 Å². The first-order valence-electron chi connectivity index (χ1n) is 4.72. The molecule has 1 aromatic carbocycles. The first-order chi connectivity index (χ1) is 7.36. The van der Waals surface area contributed by atoms with Crippen molar-refractivity contribution in [3.8, 4) is 5.69 Å². The number of aromatic nitrogens is 3. The Labute approximate surface area is 86.1 Å². The molecule has 0 saturated heterocycles. The molecule has 0 amide bonds. The normalized spacial score (nSPS) is 11.0. The maximum absolute atomic E-state index is 5.22. The quantitative estimate of drug-likeness (QED) is 0.604. The lowest BCUT2D eigenvalue weighted by atomic mass is 10.3. The van der Waals surface area contributed by atoms with Crippen molar-refractivity contribution < 1.29 is 4.52 Å². The summed E-state index contributed by atoms with van der Waals surface area (Å²) >= 11 is 0. The minimum atomic E-state index is 0.693. The number of aryl methyl sites for hydroxylation is 1. The van der Waals surface area contributed by atoms with Gasteiger partial charge in [-0.25, -0.2) is 0 Å². The zero-order valence-corrected chi connectivity index (χ0v) is 8.21. The average molecular weight is 199 g/mol. The number of para-hydroxylation sites is 1. The van der Waals surface area contributed by atoms with E-state index in [-0.39, 0.29) is 0 Å². The van der Waals surface area contributed by atoms with Gasteiger partial charge in [0, 0.05) is 0 Å². The van der Waals surface area contributed by atoms with Gasteiger partial charge in [0.15, 0.2) is 0 Å². The van der Waals surface area contributed by atoms with E-state index in [1.807, 2.05) is 37.3 Å². The molecule has 0 saturated carbocycles. The van der Waals surface area contributed by atoms with E-state index in [2.05, 4.69) is 10.3 Å². The highest BCUT2D eigenvalue weighted by molar-refractivity contribution is 5.76. The van der Waals surface area contributed by atoms with Crippen LogP contribution in [-0.4, -0.2) is 14.9 Å². The van der Waals surface area contributed by atoms with Gasteiger partial charge in [0.25, 0.3) is 5.71 Å². The molecule has 0 bridgehead atoms. The Morgan fingerprint density at radius 1 is 1.20 bits per heavy atom. The zero-order valence-electron chi connectivity index (χ0n) is 8.21. The lowest BCUT2D eigenvalue weighted by Gasteiger charge is -1.98. The van der Waals surface area contributed by atoms with Gasteiger partial charge >= 0.3 is 0 Å². The number of nitrogens with zero attached hydrogens (tertiary/aromatic N) is 3. The molecule has 0 unspecified atom stereocenters. The largest absolute Gasteiger partial charge is 0.335 e. The molecular formula is C11H9N3O. The van der Waals surface area contributed by atoms with Crippen molar-refractivity contribution in [2.75, 3.05) is 0 Å². The maximum atomic E-state index is 5.22. The molecule has 0 radical (unpaired) electrons. The molecule has 2 aromatic heterocycles. The van der Waals surface area contributed by atoms with E-state index < -0.39 is 0 Å². The Morgan fingerprint density at radius 3 is 2.80 bits per heavy atom. The third kappa shape index (κ3) is 1.15. The molecule has 4 nitrogen and oxygen atoms in total.